The molecule has 3 rings (SSSR count). The maximum Gasteiger partial charge on any atom is 0.258 e. The fraction of sp³-hybridized carbons (Fsp3) is 0.238. The first kappa shape index (κ1) is 18.1. The Balaban J connectivity index is 1.49. The van der Waals surface area contributed by atoms with Gasteiger partial charge in [0.1, 0.15) is 10.8 Å². The van der Waals surface area contributed by atoms with Crippen LogP contribution in [0.1, 0.15) is 26.7 Å². The molecule has 1 aromatic heterocycles. The zero-order valence-electron chi connectivity index (χ0n) is 15.0. The summed E-state index contributed by atoms with van der Waals surface area (Å²) in [4.78, 5) is 17.8. The number of nitrogens with zero attached hydrogens (tertiary/aromatic N) is 1. The number of amides is 1. The van der Waals surface area contributed by atoms with Crippen LogP contribution >= 0.6 is 11.3 Å². The molecule has 1 amide bonds. The van der Waals surface area contributed by atoms with E-state index in [2.05, 4.69) is 22.4 Å². The van der Waals surface area contributed by atoms with Gasteiger partial charge < -0.3 is 10.1 Å². The highest BCUT2D eigenvalue weighted by Crippen LogP contribution is 2.21. The van der Waals surface area contributed by atoms with E-state index >= 15 is 0 Å². The van der Waals surface area contributed by atoms with Crippen LogP contribution in [0, 0.1) is 13.8 Å². The number of aromatic nitrogens is 1. The van der Waals surface area contributed by atoms with Crippen LogP contribution in [0.3, 0.4) is 0 Å². The Bertz CT molecular complexity index is 857. The third-order valence-electron chi connectivity index (χ3n) is 3.97. The van der Waals surface area contributed by atoms with Crippen molar-refractivity contribution in [2.75, 3.05) is 6.61 Å². The minimum Gasteiger partial charge on any atom is -0.484 e. The Morgan fingerprint density at radius 2 is 1.81 bits per heavy atom. The Morgan fingerprint density at radius 1 is 1.08 bits per heavy atom. The normalized spacial score (nSPS) is 10.5. The molecule has 0 radical (unpaired) electrons. The van der Waals surface area contributed by atoms with Crippen molar-refractivity contribution >= 4 is 17.2 Å². The van der Waals surface area contributed by atoms with Gasteiger partial charge in [-0.1, -0.05) is 48.0 Å². The first-order valence-electron chi connectivity index (χ1n) is 8.55. The summed E-state index contributed by atoms with van der Waals surface area (Å²) in [5.74, 6) is 0.545. The molecule has 0 aliphatic carbocycles. The van der Waals surface area contributed by atoms with Crippen LogP contribution in [0.25, 0.3) is 0 Å². The van der Waals surface area contributed by atoms with Crippen LogP contribution < -0.4 is 10.1 Å². The fourth-order valence-electron chi connectivity index (χ4n) is 2.52. The Kier molecular flexibility index (Phi) is 6.02. The first-order chi connectivity index (χ1) is 12.6. The molecule has 5 heteroatoms. The number of hydrogen-bond acceptors (Lipinski definition) is 4. The lowest BCUT2D eigenvalue weighted by molar-refractivity contribution is -0.123. The van der Waals surface area contributed by atoms with Gasteiger partial charge in [0.25, 0.3) is 5.91 Å². The van der Waals surface area contributed by atoms with Crippen LogP contribution in [0.5, 0.6) is 5.75 Å². The molecule has 0 aliphatic rings. The molecule has 4 nitrogen and oxygen atoms in total. The van der Waals surface area contributed by atoms with Crippen LogP contribution in [-0.2, 0) is 17.8 Å². The third kappa shape index (κ3) is 5.17. The van der Waals surface area contributed by atoms with Crippen molar-refractivity contribution < 1.29 is 9.53 Å². The van der Waals surface area contributed by atoms with Crippen molar-refractivity contribution in [3.05, 3.63) is 81.3 Å². The van der Waals surface area contributed by atoms with Gasteiger partial charge in [0, 0.05) is 11.3 Å². The van der Waals surface area contributed by atoms with E-state index in [-0.39, 0.29) is 12.5 Å². The quantitative estimate of drug-likeness (QED) is 0.686. The molecule has 0 atom stereocenters. The van der Waals surface area contributed by atoms with Crippen LogP contribution in [-0.4, -0.2) is 17.5 Å². The van der Waals surface area contributed by atoms with Crippen molar-refractivity contribution in [3.63, 3.8) is 0 Å². The van der Waals surface area contributed by atoms with Gasteiger partial charge in [-0.25, -0.2) is 4.98 Å². The van der Waals surface area contributed by atoms with Gasteiger partial charge in [0.15, 0.2) is 6.61 Å². The second kappa shape index (κ2) is 8.63. The third-order valence-corrected chi connectivity index (χ3v) is 5.13. The summed E-state index contributed by atoms with van der Waals surface area (Å²) in [6.45, 7) is 4.46. The lowest BCUT2D eigenvalue weighted by Crippen LogP contribution is -2.28. The predicted octanol–water partition coefficient (Wildman–Crippen LogP) is 4.05. The zero-order valence-corrected chi connectivity index (χ0v) is 15.8. The number of nitrogens with one attached hydrogen (secondary N) is 1. The predicted molar refractivity (Wildman–Crippen MR) is 105 cm³/mol. The average Bonchev–Trinajstić information content (AvgIpc) is 3.00. The van der Waals surface area contributed by atoms with Gasteiger partial charge >= 0.3 is 0 Å². The number of carbonyl (C=O) groups is 1. The summed E-state index contributed by atoms with van der Waals surface area (Å²) in [6.07, 6.45) is 0.870. The largest absolute Gasteiger partial charge is 0.484 e. The van der Waals surface area contributed by atoms with E-state index in [0.29, 0.717) is 12.3 Å². The molecule has 1 N–H and O–H groups in total. The fourth-order valence-corrected chi connectivity index (χ4v) is 3.56. The van der Waals surface area contributed by atoms with Gasteiger partial charge in [-0.3, -0.25) is 4.79 Å². The number of hydrogen-bond donors (Lipinski definition) is 1. The molecule has 3 aromatic rings. The van der Waals surface area contributed by atoms with E-state index in [9.17, 15) is 4.79 Å². The number of rotatable bonds is 7. The summed E-state index contributed by atoms with van der Waals surface area (Å²) in [6, 6.07) is 18.0. The molecular formula is C21H22N2O2S. The molecule has 2 aromatic carbocycles. The van der Waals surface area contributed by atoms with E-state index in [1.807, 2.05) is 56.3 Å². The maximum absolute atomic E-state index is 12.0. The molecule has 26 heavy (non-hydrogen) atoms. The Labute approximate surface area is 157 Å². The minimum absolute atomic E-state index is 0.00426. The topological polar surface area (TPSA) is 51.2 Å². The number of aryl methyl sites for hydroxylation is 2. The molecule has 134 valence electrons. The van der Waals surface area contributed by atoms with Crippen LogP contribution in [0.2, 0.25) is 0 Å². The molecule has 1 heterocycles. The van der Waals surface area contributed by atoms with Gasteiger partial charge in [-0.05, 0) is 31.5 Å². The van der Waals surface area contributed by atoms with Crippen molar-refractivity contribution in [2.45, 2.75) is 26.8 Å². The Hall–Kier alpha value is -2.66. The summed E-state index contributed by atoms with van der Waals surface area (Å²) in [7, 11) is 0. The maximum atomic E-state index is 12.0. The first-order valence-corrected chi connectivity index (χ1v) is 9.37. The van der Waals surface area contributed by atoms with Gasteiger partial charge in [-0.2, -0.15) is 0 Å². The molecule has 0 saturated carbocycles. The van der Waals surface area contributed by atoms with E-state index in [1.165, 1.54) is 10.4 Å². The lowest BCUT2D eigenvalue weighted by Gasteiger charge is -2.06. The summed E-state index contributed by atoms with van der Waals surface area (Å²) in [5, 5.41) is 3.78. The molecule has 0 saturated heterocycles. The van der Waals surface area contributed by atoms with E-state index in [1.54, 1.807) is 11.3 Å². The highest BCUT2D eigenvalue weighted by molar-refractivity contribution is 7.11. The monoisotopic (exact) mass is 366 g/mol. The number of carbonyl (C=O) groups excluding carboxylic acids is 1. The summed E-state index contributed by atoms with van der Waals surface area (Å²) in [5.41, 5.74) is 3.45. The second-order valence-corrected chi connectivity index (χ2v) is 7.33. The van der Waals surface area contributed by atoms with Crippen molar-refractivity contribution in [2.24, 2.45) is 0 Å². The number of ether oxygens (including phenoxy) is 1. The van der Waals surface area contributed by atoms with Gasteiger partial charge in [0.05, 0.1) is 12.2 Å². The van der Waals surface area contributed by atoms with Gasteiger partial charge in [-0.15, -0.1) is 11.3 Å². The summed E-state index contributed by atoms with van der Waals surface area (Å²) >= 11 is 1.65. The Morgan fingerprint density at radius 3 is 2.54 bits per heavy atom. The smallest absolute Gasteiger partial charge is 0.258 e. The van der Waals surface area contributed by atoms with E-state index in [4.69, 9.17) is 4.74 Å². The molecule has 0 spiro atoms. The van der Waals surface area contributed by atoms with Crippen LogP contribution in [0.15, 0.2) is 54.6 Å². The highest BCUT2D eigenvalue weighted by Gasteiger charge is 2.10. The zero-order chi connectivity index (χ0) is 18.4. The lowest BCUT2D eigenvalue weighted by atomic mass is 10.1. The molecule has 0 aliphatic heterocycles. The highest BCUT2D eigenvalue weighted by atomic mass is 32.1. The standard InChI is InChI=1S/C21H22N2O2S/c1-15-8-10-18(11-9-15)25-14-20(24)22-13-21-23-16(2)19(26-21)12-17-6-4-3-5-7-17/h3-11H,12-14H2,1-2H3,(H,22,24). The van der Waals surface area contributed by atoms with Crippen molar-refractivity contribution in [1.82, 2.24) is 10.3 Å². The molecular weight excluding hydrogens is 344 g/mol. The van der Waals surface area contributed by atoms with Gasteiger partial charge in [0.2, 0.25) is 0 Å². The van der Waals surface area contributed by atoms with E-state index in [0.717, 1.165) is 22.7 Å². The van der Waals surface area contributed by atoms with Crippen LogP contribution in [0.4, 0.5) is 0 Å². The molecule has 0 unspecified atom stereocenters. The van der Waals surface area contributed by atoms with Crippen molar-refractivity contribution in [1.29, 1.82) is 0 Å². The summed E-state index contributed by atoms with van der Waals surface area (Å²) < 4.78 is 5.49. The minimum atomic E-state index is -0.150. The van der Waals surface area contributed by atoms with E-state index < -0.39 is 0 Å². The number of thiazole rings is 1. The average molecular weight is 366 g/mol. The molecule has 0 fully saturated rings. The number of benzene rings is 2. The second-order valence-electron chi connectivity index (χ2n) is 6.16. The SMILES string of the molecule is Cc1ccc(OCC(=O)NCc2nc(C)c(Cc3ccccc3)s2)cc1. The van der Waals surface area contributed by atoms with Crippen molar-refractivity contribution in [3.8, 4) is 5.75 Å². The molecule has 0 bridgehead atoms.